The molecule has 0 amide bonds. The predicted molar refractivity (Wildman–Crippen MR) is 56.7 cm³/mol. The second kappa shape index (κ2) is 4.91. The van der Waals surface area contributed by atoms with Gasteiger partial charge in [0.1, 0.15) is 6.04 Å². The first-order chi connectivity index (χ1) is 6.61. The van der Waals surface area contributed by atoms with E-state index in [0.29, 0.717) is 0 Å². The lowest BCUT2D eigenvalue weighted by molar-refractivity contribution is -0.403. The van der Waals surface area contributed by atoms with Gasteiger partial charge in [0.2, 0.25) is 0 Å². The van der Waals surface area contributed by atoms with Crippen LogP contribution in [-0.2, 0) is 11.2 Å². The highest BCUT2D eigenvalue weighted by molar-refractivity contribution is 5.84. The van der Waals surface area contributed by atoms with Crippen molar-refractivity contribution >= 4 is 5.78 Å². The van der Waals surface area contributed by atoms with Gasteiger partial charge in [-0.3, -0.25) is 4.79 Å². The summed E-state index contributed by atoms with van der Waals surface area (Å²) in [5.41, 5.74) is 5.09. The summed E-state index contributed by atoms with van der Waals surface area (Å²) in [6, 6.07) is 9.91. The number of hydrogen-bond donors (Lipinski definition) is 1. The molecular formula is C12H18NO+. The fourth-order valence-electron chi connectivity index (χ4n) is 1.47. The van der Waals surface area contributed by atoms with E-state index in [4.69, 9.17) is 0 Å². The van der Waals surface area contributed by atoms with Crippen LogP contribution in [0.25, 0.3) is 0 Å². The number of carbonyl (C=O) groups excluding carboxylic acids is 1. The monoisotopic (exact) mass is 192 g/mol. The molecule has 2 nitrogen and oxygen atoms in total. The molecule has 14 heavy (non-hydrogen) atoms. The normalized spacial score (nSPS) is 12.9. The fourth-order valence-corrected chi connectivity index (χ4v) is 1.47. The molecule has 76 valence electrons. The third-order valence-electron chi connectivity index (χ3n) is 2.30. The first kappa shape index (κ1) is 10.9. The molecule has 1 aromatic carbocycles. The molecule has 0 aliphatic rings. The minimum atomic E-state index is -0.114. The van der Waals surface area contributed by atoms with Gasteiger partial charge in [0.05, 0.1) is 0 Å². The highest BCUT2D eigenvalue weighted by atomic mass is 16.1. The molecular weight excluding hydrogens is 174 g/mol. The summed E-state index contributed by atoms with van der Waals surface area (Å²) >= 11 is 0. The second-order valence-electron chi connectivity index (χ2n) is 3.94. The molecule has 0 aliphatic heterocycles. The van der Waals surface area contributed by atoms with Gasteiger partial charge in [-0.1, -0.05) is 44.2 Å². The van der Waals surface area contributed by atoms with E-state index >= 15 is 0 Å². The molecule has 0 radical (unpaired) electrons. The Hall–Kier alpha value is -1.15. The number of carbonyl (C=O) groups is 1. The summed E-state index contributed by atoms with van der Waals surface area (Å²) in [6.45, 7) is 3.84. The molecule has 1 rings (SSSR count). The maximum atomic E-state index is 11.6. The average Bonchev–Trinajstić information content (AvgIpc) is 2.18. The Labute approximate surface area is 85.1 Å². The Morgan fingerprint density at radius 2 is 1.86 bits per heavy atom. The van der Waals surface area contributed by atoms with Crippen LogP contribution in [0, 0.1) is 5.92 Å². The van der Waals surface area contributed by atoms with Crippen molar-refractivity contribution in [2.45, 2.75) is 26.3 Å². The SMILES string of the molecule is CC(C)C(=O)C([NH3+])Cc1ccccc1. The van der Waals surface area contributed by atoms with E-state index < -0.39 is 0 Å². The molecule has 1 aromatic rings. The maximum Gasteiger partial charge on any atom is 0.192 e. The van der Waals surface area contributed by atoms with Crippen LogP contribution >= 0.6 is 0 Å². The van der Waals surface area contributed by atoms with Gasteiger partial charge in [-0.25, -0.2) is 0 Å². The molecule has 0 aromatic heterocycles. The van der Waals surface area contributed by atoms with Crippen molar-refractivity contribution in [3.63, 3.8) is 0 Å². The van der Waals surface area contributed by atoms with Crippen molar-refractivity contribution in [1.29, 1.82) is 0 Å². The third-order valence-corrected chi connectivity index (χ3v) is 2.30. The van der Waals surface area contributed by atoms with Crippen LogP contribution in [-0.4, -0.2) is 11.8 Å². The van der Waals surface area contributed by atoms with Crippen LogP contribution in [0.1, 0.15) is 19.4 Å². The zero-order chi connectivity index (χ0) is 10.6. The van der Waals surface area contributed by atoms with Crippen molar-refractivity contribution in [3.8, 4) is 0 Å². The smallest absolute Gasteiger partial charge is 0.192 e. The van der Waals surface area contributed by atoms with Crippen molar-refractivity contribution < 1.29 is 10.5 Å². The maximum absolute atomic E-state index is 11.6. The van der Waals surface area contributed by atoms with E-state index in [-0.39, 0.29) is 17.7 Å². The molecule has 0 fully saturated rings. The summed E-state index contributed by atoms with van der Waals surface area (Å²) < 4.78 is 0. The molecule has 0 spiro atoms. The quantitative estimate of drug-likeness (QED) is 0.762. The van der Waals surface area contributed by atoms with Crippen LogP contribution in [0.5, 0.6) is 0 Å². The minimum absolute atomic E-state index is 0.0845. The first-order valence-corrected chi connectivity index (χ1v) is 5.02. The average molecular weight is 192 g/mol. The largest absolute Gasteiger partial charge is 0.349 e. The van der Waals surface area contributed by atoms with Gasteiger partial charge < -0.3 is 5.73 Å². The van der Waals surface area contributed by atoms with Crippen LogP contribution < -0.4 is 5.73 Å². The van der Waals surface area contributed by atoms with Gasteiger partial charge in [-0.05, 0) is 5.56 Å². The molecule has 1 atom stereocenters. The predicted octanol–water partition coefficient (Wildman–Crippen LogP) is 1.06. The summed E-state index contributed by atoms with van der Waals surface area (Å²) in [5.74, 6) is 0.329. The zero-order valence-corrected chi connectivity index (χ0v) is 8.86. The first-order valence-electron chi connectivity index (χ1n) is 5.02. The van der Waals surface area contributed by atoms with Crippen molar-refractivity contribution in [2.75, 3.05) is 0 Å². The topological polar surface area (TPSA) is 44.7 Å². The van der Waals surface area contributed by atoms with Crippen LogP contribution in [0.15, 0.2) is 30.3 Å². The van der Waals surface area contributed by atoms with Gasteiger partial charge in [-0.2, -0.15) is 0 Å². The fraction of sp³-hybridized carbons (Fsp3) is 0.417. The van der Waals surface area contributed by atoms with Gasteiger partial charge in [0.15, 0.2) is 5.78 Å². The second-order valence-corrected chi connectivity index (χ2v) is 3.94. The van der Waals surface area contributed by atoms with Gasteiger partial charge in [0, 0.05) is 12.3 Å². The Morgan fingerprint density at radius 3 is 2.36 bits per heavy atom. The number of ketones is 1. The van der Waals surface area contributed by atoms with E-state index in [1.807, 2.05) is 44.2 Å². The van der Waals surface area contributed by atoms with Crippen LogP contribution in [0.2, 0.25) is 0 Å². The van der Waals surface area contributed by atoms with Gasteiger partial charge >= 0.3 is 0 Å². The molecule has 2 heteroatoms. The van der Waals surface area contributed by atoms with Crippen LogP contribution in [0.4, 0.5) is 0 Å². The summed E-state index contributed by atoms with van der Waals surface area (Å²) in [6.07, 6.45) is 0.748. The highest BCUT2D eigenvalue weighted by Gasteiger charge is 2.20. The lowest BCUT2D eigenvalue weighted by Gasteiger charge is -2.09. The summed E-state index contributed by atoms with van der Waals surface area (Å²) in [4.78, 5) is 11.6. The lowest BCUT2D eigenvalue weighted by atomic mass is 9.97. The highest BCUT2D eigenvalue weighted by Crippen LogP contribution is 2.04. The van der Waals surface area contributed by atoms with Crippen LogP contribution in [0.3, 0.4) is 0 Å². The minimum Gasteiger partial charge on any atom is -0.349 e. The molecule has 0 saturated carbocycles. The molecule has 1 unspecified atom stereocenters. The van der Waals surface area contributed by atoms with E-state index in [0.717, 1.165) is 6.42 Å². The summed E-state index contributed by atoms with van der Waals surface area (Å²) in [5, 5.41) is 0. The van der Waals surface area contributed by atoms with E-state index in [9.17, 15) is 4.79 Å². The Kier molecular flexibility index (Phi) is 3.84. The number of Topliss-reactive ketones (excluding diaryl/α,β-unsaturated/α-hetero) is 1. The Morgan fingerprint density at radius 1 is 1.29 bits per heavy atom. The number of hydrogen-bond acceptors (Lipinski definition) is 1. The van der Waals surface area contributed by atoms with Crippen molar-refractivity contribution in [2.24, 2.45) is 5.92 Å². The number of quaternary nitrogens is 1. The van der Waals surface area contributed by atoms with E-state index in [1.165, 1.54) is 5.56 Å². The van der Waals surface area contributed by atoms with Gasteiger partial charge in [-0.15, -0.1) is 0 Å². The Balaban J connectivity index is 2.57. The number of rotatable bonds is 4. The van der Waals surface area contributed by atoms with Crippen molar-refractivity contribution in [1.82, 2.24) is 0 Å². The molecule has 0 bridgehead atoms. The third kappa shape index (κ3) is 2.96. The standard InChI is InChI=1S/C12H17NO/c1-9(2)12(14)11(13)8-10-6-4-3-5-7-10/h3-7,9,11H,8,13H2,1-2H3/p+1. The number of benzene rings is 1. The van der Waals surface area contributed by atoms with Gasteiger partial charge in [0.25, 0.3) is 0 Å². The zero-order valence-electron chi connectivity index (χ0n) is 8.86. The molecule has 0 heterocycles. The Bertz CT molecular complexity index is 292. The molecule has 3 N–H and O–H groups in total. The van der Waals surface area contributed by atoms with E-state index in [2.05, 4.69) is 5.73 Å². The van der Waals surface area contributed by atoms with Crippen molar-refractivity contribution in [3.05, 3.63) is 35.9 Å². The molecule has 0 saturated heterocycles. The lowest BCUT2D eigenvalue weighted by Crippen LogP contribution is -2.66. The summed E-state index contributed by atoms with van der Waals surface area (Å²) in [7, 11) is 0. The molecule has 0 aliphatic carbocycles. The van der Waals surface area contributed by atoms with E-state index in [1.54, 1.807) is 0 Å².